The van der Waals surface area contributed by atoms with Crippen LogP contribution in [0.1, 0.15) is 132 Å². The number of carbonyl (C=O) groups is 1. The second-order valence-corrected chi connectivity index (χ2v) is 13.0. The van der Waals surface area contributed by atoms with E-state index in [0.29, 0.717) is 11.3 Å². The number of carboxylic acid groups (broad SMARTS) is 1. The van der Waals surface area contributed by atoms with E-state index in [4.69, 9.17) is 0 Å². The Morgan fingerprint density at radius 3 is 2.35 bits per heavy atom. The van der Waals surface area contributed by atoms with Crippen molar-refractivity contribution in [2.45, 2.75) is 132 Å². The normalized spacial score (nSPS) is 38.0. The standard InChI is InChI=1S/C30H52O2.C2H6/c1-8-10-23-19-22(5)29(6,18-16-27(31)32)26-15-17-30(7)24(13-14-25(30)28(23)26)21(4)12-9-11-20(2)3;1-2/h20-21,23-26,28H,5,8-19H2,1-4,6-7H3,(H,31,32);1-2H3. The van der Waals surface area contributed by atoms with Crippen molar-refractivity contribution in [3.05, 3.63) is 12.2 Å². The van der Waals surface area contributed by atoms with Crippen LogP contribution in [0.15, 0.2) is 12.2 Å². The highest BCUT2D eigenvalue weighted by molar-refractivity contribution is 5.66. The van der Waals surface area contributed by atoms with Crippen molar-refractivity contribution in [2.75, 3.05) is 0 Å². The fourth-order valence-electron chi connectivity index (χ4n) is 8.96. The monoisotopic (exact) mass is 474 g/mol. The van der Waals surface area contributed by atoms with Crippen LogP contribution in [0.25, 0.3) is 0 Å². The van der Waals surface area contributed by atoms with Gasteiger partial charge in [0.2, 0.25) is 0 Å². The molecule has 1 N–H and O–H groups in total. The minimum atomic E-state index is -0.650. The van der Waals surface area contributed by atoms with E-state index in [1.165, 1.54) is 63.4 Å². The Hall–Kier alpha value is -0.790. The van der Waals surface area contributed by atoms with E-state index in [1.54, 1.807) is 0 Å². The van der Waals surface area contributed by atoms with E-state index in [1.807, 2.05) is 13.8 Å². The Balaban J connectivity index is 0.00000199. The highest BCUT2D eigenvalue weighted by atomic mass is 16.4. The van der Waals surface area contributed by atoms with Crippen molar-refractivity contribution in [3.63, 3.8) is 0 Å². The van der Waals surface area contributed by atoms with Crippen molar-refractivity contribution < 1.29 is 9.90 Å². The number of rotatable bonds is 10. The Morgan fingerprint density at radius 2 is 1.76 bits per heavy atom. The zero-order valence-electron chi connectivity index (χ0n) is 24.1. The molecule has 3 fully saturated rings. The van der Waals surface area contributed by atoms with Gasteiger partial charge in [-0.2, -0.15) is 0 Å². The summed E-state index contributed by atoms with van der Waals surface area (Å²) < 4.78 is 0. The van der Waals surface area contributed by atoms with Crippen molar-refractivity contribution >= 4 is 5.97 Å². The number of fused-ring (bicyclic) bond motifs is 3. The second-order valence-electron chi connectivity index (χ2n) is 13.0. The maximum atomic E-state index is 11.5. The molecule has 3 saturated carbocycles. The van der Waals surface area contributed by atoms with Gasteiger partial charge in [0.25, 0.3) is 0 Å². The number of hydrogen-bond donors (Lipinski definition) is 1. The predicted molar refractivity (Wildman–Crippen MR) is 147 cm³/mol. The van der Waals surface area contributed by atoms with Gasteiger partial charge in [-0.25, -0.2) is 0 Å². The minimum Gasteiger partial charge on any atom is -0.481 e. The first kappa shape index (κ1) is 29.4. The predicted octanol–water partition coefficient (Wildman–Crippen LogP) is 9.78. The van der Waals surface area contributed by atoms with E-state index in [2.05, 4.69) is 48.1 Å². The quantitative estimate of drug-likeness (QED) is 0.320. The molecule has 0 aliphatic heterocycles. The SMILES string of the molecule is C=C1CC(CCC)C2C(CCC3(C)C(C(C)CCCC(C)C)CCC23)C1(C)CCC(=O)O.CC. The van der Waals surface area contributed by atoms with E-state index in [0.717, 1.165) is 48.3 Å². The Morgan fingerprint density at radius 1 is 1.09 bits per heavy atom. The average molecular weight is 475 g/mol. The lowest BCUT2D eigenvalue weighted by Crippen LogP contribution is -2.53. The van der Waals surface area contributed by atoms with Crippen LogP contribution in [-0.2, 0) is 4.79 Å². The molecule has 3 rings (SSSR count). The molecule has 198 valence electrons. The third-order valence-electron chi connectivity index (χ3n) is 10.7. The summed E-state index contributed by atoms with van der Waals surface area (Å²) in [7, 11) is 0. The molecule has 0 heterocycles. The highest BCUT2D eigenvalue weighted by Gasteiger charge is 2.60. The smallest absolute Gasteiger partial charge is 0.303 e. The van der Waals surface area contributed by atoms with Gasteiger partial charge in [-0.05, 0) is 90.8 Å². The molecule has 0 saturated heterocycles. The molecule has 0 radical (unpaired) electrons. The second kappa shape index (κ2) is 12.4. The van der Waals surface area contributed by atoms with Crippen LogP contribution in [-0.4, -0.2) is 11.1 Å². The largest absolute Gasteiger partial charge is 0.481 e. The summed E-state index contributed by atoms with van der Waals surface area (Å²) in [5, 5.41) is 9.44. The summed E-state index contributed by atoms with van der Waals surface area (Å²) in [4.78, 5) is 11.5. The molecule has 0 amide bonds. The summed E-state index contributed by atoms with van der Waals surface area (Å²) in [5.41, 5.74) is 1.85. The molecular weight excluding hydrogens is 416 g/mol. The Kier molecular flexibility index (Phi) is 10.8. The van der Waals surface area contributed by atoms with Crippen LogP contribution in [0, 0.1) is 52.3 Å². The lowest BCUT2D eigenvalue weighted by atomic mass is 9.44. The maximum absolute atomic E-state index is 11.5. The third kappa shape index (κ3) is 5.95. The average Bonchev–Trinajstić information content (AvgIpc) is 3.14. The van der Waals surface area contributed by atoms with Gasteiger partial charge in [-0.1, -0.05) is 99.6 Å². The highest BCUT2D eigenvalue weighted by Crippen LogP contribution is 2.68. The fourth-order valence-corrected chi connectivity index (χ4v) is 8.96. The molecule has 3 aliphatic rings. The number of aliphatic carboxylic acids is 1. The van der Waals surface area contributed by atoms with Crippen LogP contribution in [0.4, 0.5) is 0 Å². The zero-order valence-corrected chi connectivity index (χ0v) is 24.1. The molecule has 3 aliphatic carbocycles. The summed E-state index contributed by atoms with van der Waals surface area (Å²) in [6.07, 6.45) is 14.3. The molecule has 0 aromatic carbocycles. The first-order valence-corrected chi connectivity index (χ1v) is 14.9. The first-order valence-electron chi connectivity index (χ1n) is 14.9. The minimum absolute atomic E-state index is 0.00952. The van der Waals surface area contributed by atoms with Gasteiger partial charge < -0.3 is 5.11 Å². The summed E-state index contributed by atoms with van der Waals surface area (Å²) in [6, 6.07) is 0. The van der Waals surface area contributed by atoms with Crippen LogP contribution in [0.2, 0.25) is 0 Å². The van der Waals surface area contributed by atoms with Crippen molar-refractivity contribution in [1.29, 1.82) is 0 Å². The van der Waals surface area contributed by atoms with Gasteiger partial charge in [0.15, 0.2) is 0 Å². The van der Waals surface area contributed by atoms with E-state index >= 15 is 0 Å². The van der Waals surface area contributed by atoms with Crippen molar-refractivity contribution in [1.82, 2.24) is 0 Å². The van der Waals surface area contributed by atoms with Crippen LogP contribution >= 0.6 is 0 Å². The van der Waals surface area contributed by atoms with Gasteiger partial charge >= 0.3 is 5.97 Å². The number of hydrogen-bond acceptors (Lipinski definition) is 1. The van der Waals surface area contributed by atoms with Gasteiger partial charge in [0.1, 0.15) is 0 Å². The molecule has 8 unspecified atom stereocenters. The van der Waals surface area contributed by atoms with Gasteiger partial charge in [-0.15, -0.1) is 0 Å². The summed E-state index contributed by atoms with van der Waals surface area (Å²) >= 11 is 0. The molecule has 8 atom stereocenters. The molecule has 2 heteroatoms. The summed E-state index contributed by atoms with van der Waals surface area (Å²) in [5.74, 6) is 4.86. The Bertz CT molecular complexity index is 666. The number of allylic oxidation sites excluding steroid dienone is 1. The van der Waals surface area contributed by atoms with Crippen LogP contribution in [0.5, 0.6) is 0 Å². The van der Waals surface area contributed by atoms with Crippen molar-refractivity contribution in [3.8, 4) is 0 Å². The van der Waals surface area contributed by atoms with E-state index in [9.17, 15) is 9.90 Å². The lowest BCUT2D eigenvalue weighted by Gasteiger charge is -2.60. The molecule has 0 bridgehead atoms. The molecule has 0 aromatic heterocycles. The fraction of sp³-hybridized carbons (Fsp3) is 0.906. The Labute approximate surface area is 212 Å². The van der Waals surface area contributed by atoms with E-state index in [-0.39, 0.29) is 11.8 Å². The van der Waals surface area contributed by atoms with E-state index < -0.39 is 5.97 Å². The maximum Gasteiger partial charge on any atom is 0.303 e. The van der Waals surface area contributed by atoms with Crippen LogP contribution < -0.4 is 0 Å². The van der Waals surface area contributed by atoms with Gasteiger partial charge in [0.05, 0.1) is 0 Å². The van der Waals surface area contributed by atoms with Gasteiger partial charge in [0, 0.05) is 6.42 Å². The molecular formula is C32H58O2. The summed E-state index contributed by atoms with van der Waals surface area (Å²) in [6.45, 7) is 23.2. The molecule has 34 heavy (non-hydrogen) atoms. The zero-order chi connectivity index (χ0) is 25.7. The van der Waals surface area contributed by atoms with Crippen molar-refractivity contribution in [2.24, 2.45) is 52.3 Å². The first-order chi connectivity index (χ1) is 16.0. The molecule has 2 nitrogen and oxygen atoms in total. The van der Waals surface area contributed by atoms with Gasteiger partial charge in [-0.3, -0.25) is 4.79 Å². The number of carboxylic acids is 1. The topological polar surface area (TPSA) is 37.3 Å². The van der Waals surface area contributed by atoms with Crippen LogP contribution in [0.3, 0.4) is 0 Å². The molecule has 0 aromatic rings. The lowest BCUT2D eigenvalue weighted by molar-refractivity contribution is -0.138. The third-order valence-corrected chi connectivity index (χ3v) is 10.7. The molecule has 0 spiro atoms.